The van der Waals surface area contributed by atoms with Crippen LogP contribution in [0.15, 0.2) is 0 Å². The summed E-state index contributed by atoms with van der Waals surface area (Å²) in [6.07, 6.45) is 0.813. The Hall–Kier alpha value is -0.660. The summed E-state index contributed by atoms with van der Waals surface area (Å²) in [6, 6.07) is 0.167. The first kappa shape index (κ1) is 14.4. The van der Waals surface area contributed by atoms with E-state index >= 15 is 0 Å². The van der Waals surface area contributed by atoms with Gasteiger partial charge in [-0.15, -0.1) is 0 Å². The molecule has 0 aromatic heterocycles. The smallest absolute Gasteiger partial charge is 0.224 e. The van der Waals surface area contributed by atoms with Crippen LogP contribution in [0.3, 0.4) is 0 Å². The molecule has 0 bridgehead atoms. The van der Waals surface area contributed by atoms with Crippen LogP contribution in [0.1, 0.15) is 13.3 Å². The largest absolute Gasteiger partial charge is 0.355 e. The molecule has 2 atom stereocenters. The Labute approximate surface area is 103 Å². The number of nitrogens with zero attached hydrogens (tertiary/aromatic N) is 1. The van der Waals surface area contributed by atoms with E-state index in [0.29, 0.717) is 0 Å². The average Bonchev–Trinajstić information content (AvgIpc) is 2.63. The highest BCUT2D eigenvalue weighted by Gasteiger charge is 2.29. The van der Waals surface area contributed by atoms with Crippen molar-refractivity contribution in [1.82, 2.24) is 14.9 Å². The number of carbonyl (C=O) groups excluding carboxylic acids is 1. The lowest BCUT2D eigenvalue weighted by atomic mass is 10.0. The lowest BCUT2D eigenvalue weighted by Crippen LogP contribution is -2.40. The lowest BCUT2D eigenvalue weighted by molar-refractivity contribution is -0.124. The number of nitrogens with one attached hydrogen (secondary N) is 2. The van der Waals surface area contributed by atoms with Crippen molar-refractivity contribution >= 4 is 15.9 Å². The zero-order chi connectivity index (χ0) is 13.1. The van der Waals surface area contributed by atoms with Crippen LogP contribution in [0, 0.1) is 5.92 Å². The van der Waals surface area contributed by atoms with Crippen molar-refractivity contribution < 1.29 is 13.2 Å². The summed E-state index contributed by atoms with van der Waals surface area (Å²) in [7, 11) is -0.255. The van der Waals surface area contributed by atoms with Crippen LogP contribution in [-0.2, 0) is 14.8 Å². The van der Waals surface area contributed by atoms with E-state index in [0.717, 1.165) is 13.0 Å². The molecule has 0 aliphatic carbocycles. The highest BCUT2D eigenvalue weighted by atomic mass is 32.2. The molecule has 0 saturated carbocycles. The van der Waals surface area contributed by atoms with E-state index in [1.54, 1.807) is 0 Å². The second-order valence-corrected chi connectivity index (χ2v) is 6.83. The van der Waals surface area contributed by atoms with Gasteiger partial charge < -0.3 is 10.6 Å². The first-order valence-electron chi connectivity index (χ1n) is 5.76. The summed E-state index contributed by atoms with van der Waals surface area (Å²) in [4.78, 5) is 11.8. The topological polar surface area (TPSA) is 78.5 Å². The molecule has 7 heteroatoms. The van der Waals surface area contributed by atoms with Gasteiger partial charge in [0, 0.05) is 26.7 Å². The average molecular weight is 263 g/mol. The van der Waals surface area contributed by atoms with Crippen LogP contribution >= 0.6 is 0 Å². The quantitative estimate of drug-likeness (QED) is 0.666. The number of sulfonamides is 1. The number of hydrogen-bond acceptors (Lipinski definition) is 4. The molecule has 1 rings (SSSR count). The minimum atomic E-state index is -3.23. The Bertz CT molecular complexity index is 367. The predicted octanol–water partition coefficient (Wildman–Crippen LogP) is -1.01. The van der Waals surface area contributed by atoms with Crippen molar-refractivity contribution in [3.05, 3.63) is 0 Å². The highest BCUT2D eigenvalue weighted by Crippen LogP contribution is 2.14. The molecule has 2 N–H and O–H groups in total. The molecule has 1 amide bonds. The van der Waals surface area contributed by atoms with E-state index in [9.17, 15) is 13.2 Å². The Balaban J connectivity index is 2.34. The molecule has 1 aliphatic heterocycles. The van der Waals surface area contributed by atoms with Crippen molar-refractivity contribution in [2.24, 2.45) is 5.92 Å². The number of hydrogen-bond donors (Lipinski definition) is 2. The molecule has 0 spiro atoms. The molecule has 1 saturated heterocycles. The van der Waals surface area contributed by atoms with E-state index < -0.39 is 10.0 Å². The summed E-state index contributed by atoms with van der Waals surface area (Å²) in [5.74, 6) is -0.159. The van der Waals surface area contributed by atoms with Crippen molar-refractivity contribution in [2.75, 3.05) is 32.9 Å². The Morgan fingerprint density at radius 3 is 2.59 bits per heavy atom. The van der Waals surface area contributed by atoms with Gasteiger partial charge in [0.1, 0.15) is 0 Å². The second kappa shape index (κ2) is 5.79. The van der Waals surface area contributed by atoms with Crippen molar-refractivity contribution in [2.45, 2.75) is 19.4 Å². The van der Waals surface area contributed by atoms with Gasteiger partial charge in [-0.05, 0) is 19.9 Å². The van der Waals surface area contributed by atoms with Crippen LogP contribution < -0.4 is 10.6 Å². The molecule has 0 radical (unpaired) electrons. The van der Waals surface area contributed by atoms with Gasteiger partial charge in [0.2, 0.25) is 15.9 Å². The summed E-state index contributed by atoms with van der Waals surface area (Å²) in [5, 5.41) is 5.87. The van der Waals surface area contributed by atoms with E-state index in [2.05, 4.69) is 10.6 Å². The molecule has 1 aliphatic rings. The van der Waals surface area contributed by atoms with Gasteiger partial charge in [0.15, 0.2) is 0 Å². The minimum absolute atomic E-state index is 0.0444. The van der Waals surface area contributed by atoms with Crippen LogP contribution in [0.25, 0.3) is 0 Å². The summed E-state index contributed by atoms with van der Waals surface area (Å²) in [6.45, 7) is 2.98. The molecule has 1 heterocycles. The Kier molecular flexibility index (Phi) is 4.91. The van der Waals surface area contributed by atoms with Crippen LogP contribution in [0.2, 0.25) is 0 Å². The molecular formula is C10H21N3O3S. The normalized spacial score (nSPS) is 25.2. The molecule has 2 unspecified atom stereocenters. The van der Waals surface area contributed by atoms with Gasteiger partial charge in [-0.2, -0.15) is 0 Å². The predicted molar refractivity (Wildman–Crippen MR) is 66.1 cm³/mol. The van der Waals surface area contributed by atoms with Crippen LogP contribution in [-0.4, -0.2) is 57.6 Å². The maximum atomic E-state index is 11.8. The summed E-state index contributed by atoms with van der Waals surface area (Å²) >= 11 is 0. The van der Waals surface area contributed by atoms with Crippen molar-refractivity contribution in [1.29, 1.82) is 0 Å². The number of carbonyl (C=O) groups is 1. The molecule has 0 aromatic rings. The molecule has 100 valence electrons. The number of amides is 1. The maximum Gasteiger partial charge on any atom is 0.224 e. The van der Waals surface area contributed by atoms with Crippen LogP contribution in [0.4, 0.5) is 0 Å². The van der Waals surface area contributed by atoms with Gasteiger partial charge in [-0.1, -0.05) is 0 Å². The Morgan fingerprint density at radius 2 is 2.12 bits per heavy atom. The van der Waals surface area contributed by atoms with E-state index in [1.807, 2.05) is 6.92 Å². The van der Waals surface area contributed by atoms with Crippen molar-refractivity contribution in [3.63, 3.8) is 0 Å². The van der Waals surface area contributed by atoms with Gasteiger partial charge in [0.25, 0.3) is 0 Å². The third kappa shape index (κ3) is 3.93. The summed E-state index contributed by atoms with van der Waals surface area (Å²) < 4.78 is 24.1. The molecule has 17 heavy (non-hydrogen) atoms. The van der Waals surface area contributed by atoms with Gasteiger partial charge >= 0.3 is 0 Å². The Morgan fingerprint density at radius 1 is 1.47 bits per heavy atom. The standard InChI is InChI=1S/C10H21N3O3S/c1-8-9(4-5-11-8)10(14)12-6-7-17(15,16)13(2)3/h8-9,11H,4-7H2,1-3H3,(H,12,14). The second-order valence-electron chi connectivity index (χ2n) is 4.53. The zero-order valence-electron chi connectivity index (χ0n) is 10.6. The van der Waals surface area contributed by atoms with Crippen molar-refractivity contribution in [3.8, 4) is 0 Å². The first-order valence-corrected chi connectivity index (χ1v) is 7.37. The van der Waals surface area contributed by atoms with Crippen LogP contribution in [0.5, 0.6) is 0 Å². The van der Waals surface area contributed by atoms with Gasteiger partial charge in [0.05, 0.1) is 11.7 Å². The third-order valence-corrected chi connectivity index (χ3v) is 4.91. The summed E-state index contributed by atoms with van der Waals surface area (Å²) in [5.41, 5.74) is 0. The van der Waals surface area contributed by atoms with E-state index in [4.69, 9.17) is 0 Å². The maximum absolute atomic E-state index is 11.8. The van der Waals surface area contributed by atoms with Gasteiger partial charge in [-0.25, -0.2) is 12.7 Å². The fourth-order valence-electron chi connectivity index (χ4n) is 1.83. The molecule has 0 aromatic carbocycles. The molecule has 1 fully saturated rings. The molecular weight excluding hydrogens is 242 g/mol. The molecule has 6 nitrogen and oxygen atoms in total. The van der Waals surface area contributed by atoms with Gasteiger partial charge in [-0.3, -0.25) is 4.79 Å². The first-order chi connectivity index (χ1) is 7.84. The number of rotatable bonds is 5. The monoisotopic (exact) mass is 263 g/mol. The zero-order valence-corrected chi connectivity index (χ0v) is 11.4. The van der Waals surface area contributed by atoms with E-state index in [1.165, 1.54) is 18.4 Å². The minimum Gasteiger partial charge on any atom is -0.355 e. The SMILES string of the molecule is CC1NCCC1C(=O)NCCS(=O)(=O)N(C)C. The highest BCUT2D eigenvalue weighted by molar-refractivity contribution is 7.89. The third-order valence-electron chi connectivity index (χ3n) is 3.08. The lowest BCUT2D eigenvalue weighted by Gasteiger charge is -2.16. The fourth-order valence-corrected chi connectivity index (χ4v) is 2.56. The van der Waals surface area contributed by atoms with E-state index in [-0.39, 0.29) is 30.2 Å². The fraction of sp³-hybridized carbons (Fsp3) is 0.900.